The molecule has 0 aromatic heterocycles. The van der Waals surface area contributed by atoms with Gasteiger partial charge in [-0.25, -0.2) is 0 Å². The number of hydrogen-bond donors (Lipinski definition) is 1. The lowest BCUT2D eigenvalue weighted by Crippen LogP contribution is -2.62. The molecule has 14 heavy (non-hydrogen) atoms. The lowest BCUT2D eigenvalue weighted by Gasteiger charge is -2.45. The van der Waals surface area contributed by atoms with Crippen LogP contribution in [0.2, 0.25) is 0 Å². The molecule has 0 spiro atoms. The minimum absolute atomic E-state index is 0.0217. The minimum atomic E-state index is -0.0242. The van der Waals surface area contributed by atoms with Gasteiger partial charge in [0.25, 0.3) is 0 Å². The summed E-state index contributed by atoms with van der Waals surface area (Å²) in [6.07, 6.45) is 1.12. The second kappa shape index (κ2) is 2.94. The third-order valence-electron chi connectivity index (χ3n) is 3.41. The van der Waals surface area contributed by atoms with Crippen LogP contribution in [-0.2, 0) is 4.74 Å². The zero-order chi connectivity index (χ0) is 10.6. The summed E-state index contributed by atoms with van der Waals surface area (Å²) in [7, 11) is 0. The van der Waals surface area contributed by atoms with Crippen molar-refractivity contribution >= 4 is 0 Å². The fourth-order valence-corrected chi connectivity index (χ4v) is 2.91. The lowest BCUT2D eigenvalue weighted by atomic mass is 9.90. The third-order valence-corrected chi connectivity index (χ3v) is 3.41. The van der Waals surface area contributed by atoms with Gasteiger partial charge in [0.1, 0.15) is 0 Å². The lowest BCUT2D eigenvalue weighted by molar-refractivity contribution is -0.0873. The molecule has 1 atom stereocenters. The molecule has 0 bridgehead atoms. The molecule has 0 aliphatic carbocycles. The molecule has 1 unspecified atom stereocenters. The van der Waals surface area contributed by atoms with Gasteiger partial charge in [-0.3, -0.25) is 4.90 Å². The van der Waals surface area contributed by atoms with Crippen molar-refractivity contribution in [2.75, 3.05) is 13.1 Å². The van der Waals surface area contributed by atoms with Crippen LogP contribution in [0.5, 0.6) is 0 Å². The Bertz CT molecular complexity index is 231. The van der Waals surface area contributed by atoms with Crippen molar-refractivity contribution in [3.8, 4) is 0 Å². The van der Waals surface area contributed by atoms with Crippen molar-refractivity contribution in [3.63, 3.8) is 0 Å². The Morgan fingerprint density at radius 2 is 1.79 bits per heavy atom. The highest BCUT2D eigenvalue weighted by atomic mass is 16.5. The molecule has 2 rings (SSSR count). The molecular weight excluding hydrogens is 176 g/mol. The minimum Gasteiger partial charge on any atom is -0.368 e. The van der Waals surface area contributed by atoms with Crippen LogP contribution < -0.4 is 5.73 Å². The summed E-state index contributed by atoms with van der Waals surface area (Å²) in [6, 6.07) is 0.923. The Balaban J connectivity index is 2.05. The quantitative estimate of drug-likeness (QED) is 0.682. The molecule has 0 radical (unpaired) electrons. The Morgan fingerprint density at radius 1 is 1.21 bits per heavy atom. The predicted molar refractivity (Wildman–Crippen MR) is 57.2 cm³/mol. The van der Waals surface area contributed by atoms with Gasteiger partial charge in [-0.1, -0.05) is 0 Å². The maximum atomic E-state index is 6.06. The molecule has 2 saturated heterocycles. The van der Waals surface area contributed by atoms with Crippen molar-refractivity contribution in [1.82, 2.24) is 4.90 Å². The van der Waals surface area contributed by atoms with Crippen LogP contribution in [-0.4, -0.2) is 41.3 Å². The number of nitrogens with zero attached hydrogens (tertiary/aromatic N) is 1. The van der Waals surface area contributed by atoms with Gasteiger partial charge in [-0.2, -0.15) is 0 Å². The normalized spacial score (nSPS) is 37.1. The highest BCUT2D eigenvalue weighted by molar-refractivity contribution is 5.03. The van der Waals surface area contributed by atoms with E-state index in [1.165, 1.54) is 0 Å². The zero-order valence-electron chi connectivity index (χ0n) is 9.71. The number of hydrogen-bond acceptors (Lipinski definition) is 3. The second-order valence-corrected chi connectivity index (χ2v) is 5.90. The van der Waals surface area contributed by atoms with Crippen molar-refractivity contribution in [3.05, 3.63) is 0 Å². The van der Waals surface area contributed by atoms with E-state index in [-0.39, 0.29) is 11.2 Å². The average Bonchev–Trinajstić information content (AvgIpc) is 2.12. The van der Waals surface area contributed by atoms with E-state index in [0.717, 1.165) is 19.5 Å². The number of rotatable bonds is 1. The van der Waals surface area contributed by atoms with Crippen LogP contribution in [0.15, 0.2) is 0 Å². The van der Waals surface area contributed by atoms with Crippen LogP contribution in [0.3, 0.4) is 0 Å². The molecule has 0 saturated carbocycles. The molecule has 0 aromatic carbocycles. The summed E-state index contributed by atoms with van der Waals surface area (Å²) in [5, 5.41) is 0. The summed E-state index contributed by atoms with van der Waals surface area (Å²) < 4.78 is 6.06. The van der Waals surface area contributed by atoms with Gasteiger partial charge in [0.05, 0.1) is 11.2 Å². The van der Waals surface area contributed by atoms with Crippen molar-refractivity contribution in [2.24, 2.45) is 5.73 Å². The Labute approximate surface area is 86.6 Å². The van der Waals surface area contributed by atoms with E-state index in [4.69, 9.17) is 10.5 Å². The van der Waals surface area contributed by atoms with Gasteiger partial charge in [0.15, 0.2) is 0 Å². The Hall–Kier alpha value is -0.120. The maximum Gasteiger partial charge on any atom is 0.0789 e. The van der Waals surface area contributed by atoms with E-state index in [0.29, 0.717) is 12.1 Å². The fraction of sp³-hybridized carbons (Fsp3) is 1.00. The van der Waals surface area contributed by atoms with Crippen LogP contribution in [0.4, 0.5) is 0 Å². The molecule has 82 valence electrons. The Morgan fingerprint density at radius 3 is 2.14 bits per heavy atom. The maximum absolute atomic E-state index is 6.06. The Kier molecular flexibility index (Phi) is 2.18. The smallest absolute Gasteiger partial charge is 0.0789 e. The van der Waals surface area contributed by atoms with E-state index in [1.54, 1.807) is 0 Å². The second-order valence-electron chi connectivity index (χ2n) is 5.90. The molecule has 2 aliphatic rings. The molecule has 2 aliphatic heterocycles. The average molecular weight is 198 g/mol. The summed E-state index contributed by atoms with van der Waals surface area (Å²) in [6.45, 7) is 10.8. The van der Waals surface area contributed by atoms with Crippen LogP contribution in [0.25, 0.3) is 0 Å². The van der Waals surface area contributed by atoms with Crippen LogP contribution >= 0.6 is 0 Å². The van der Waals surface area contributed by atoms with Crippen molar-refractivity contribution in [2.45, 2.75) is 57.4 Å². The fourth-order valence-electron chi connectivity index (χ4n) is 2.91. The van der Waals surface area contributed by atoms with Gasteiger partial charge in [0, 0.05) is 25.2 Å². The monoisotopic (exact) mass is 198 g/mol. The summed E-state index contributed by atoms with van der Waals surface area (Å²) in [5.74, 6) is 0. The van der Waals surface area contributed by atoms with E-state index >= 15 is 0 Å². The molecule has 2 N–H and O–H groups in total. The topological polar surface area (TPSA) is 38.5 Å². The molecule has 3 nitrogen and oxygen atoms in total. The van der Waals surface area contributed by atoms with E-state index < -0.39 is 0 Å². The number of likely N-dealkylation sites (tertiary alicyclic amines) is 1. The van der Waals surface area contributed by atoms with Gasteiger partial charge in [-0.15, -0.1) is 0 Å². The number of nitrogens with two attached hydrogens (primary N) is 1. The van der Waals surface area contributed by atoms with Crippen molar-refractivity contribution in [1.29, 1.82) is 0 Å². The first-order valence-electron chi connectivity index (χ1n) is 5.50. The zero-order valence-corrected chi connectivity index (χ0v) is 9.71. The highest BCUT2D eigenvalue weighted by Crippen LogP contribution is 2.41. The SMILES string of the molecule is CC1(C)CC(N2CC(N)C2)C(C)(C)O1. The van der Waals surface area contributed by atoms with Crippen LogP contribution in [0, 0.1) is 0 Å². The molecule has 2 fully saturated rings. The van der Waals surface area contributed by atoms with E-state index in [9.17, 15) is 0 Å². The summed E-state index contributed by atoms with van der Waals surface area (Å²) >= 11 is 0. The van der Waals surface area contributed by atoms with Gasteiger partial charge < -0.3 is 10.5 Å². The first-order valence-corrected chi connectivity index (χ1v) is 5.50. The van der Waals surface area contributed by atoms with E-state index in [1.807, 2.05) is 0 Å². The summed E-state index contributed by atoms with van der Waals surface area (Å²) in [5.41, 5.74) is 5.81. The largest absolute Gasteiger partial charge is 0.368 e. The molecule has 2 heterocycles. The standard InChI is InChI=1S/C11H22N2O/c1-10(2)5-9(11(3,4)14-10)13-6-8(12)7-13/h8-9H,5-7,12H2,1-4H3. The molecule has 0 aromatic rings. The molecule has 3 heteroatoms. The van der Waals surface area contributed by atoms with Gasteiger partial charge in [0.2, 0.25) is 0 Å². The van der Waals surface area contributed by atoms with Gasteiger partial charge in [-0.05, 0) is 34.1 Å². The molecule has 0 amide bonds. The first-order chi connectivity index (χ1) is 6.30. The highest BCUT2D eigenvalue weighted by Gasteiger charge is 2.50. The number of ether oxygens (including phenoxy) is 1. The van der Waals surface area contributed by atoms with Crippen LogP contribution in [0.1, 0.15) is 34.1 Å². The van der Waals surface area contributed by atoms with Gasteiger partial charge >= 0.3 is 0 Å². The summed E-state index contributed by atoms with van der Waals surface area (Å²) in [4.78, 5) is 2.46. The first kappa shape index (κ1) is 10.4. The van der Waals surface area contributed by atoms with Crippen molar-refractivity contribution < 1.29 is 4.74 Å². The predicted octanol–water partition coefficient (Wildman–Crippen LogP) is 0.975. The molecular formula is C11H22N2O. The third kappa shape index (κ3) is 1.69. The van der Waals surface area contributed by atoms with E-state index in [2.05, 4.69) is 32.6 Å².